The number of quaternary nitrogens is 1. The Kier molecular flexibility index (Phi) is 4.90. The molecule has 5 heteroatoms. The van der Waals surface area contributed by atoms with Gasteiger partial charge >= 0.3 is 0 Å². The van der Waals surface area contributed by atoms with Crippen LogP contribution in [0.3, 0.4) is 0 Å². The number of aryl methyl sites for hydroxylation is 1. The van der Waals surface area contributed by atoms with Gasteiger partial charge in [-0.15, -0.1) is 0 Å². The van der Waals surface area contributed by atoms with Crippen molar-refractivity contribution in [3.05, 3.63) is 65.2 Å². The van der Waals surface area contributed by atoms with Crippen molar-refractivity contribution in [2.45, 2.75) is 25.3 Å². The predicted octanol–water partition coefficient (Wildman–Crippen LogP) is 2.50. The molecule has 2 aromatic carbocycles. The van der Waals surface area contributed by atoms with E-state index < -0.39 is 11.6 Å². The number of carbonyl (C=O) groups excluding carboxylic acids is 1. The number of carbonyl (C=O) groups is 1. The molecule has 2 aromatic rings. The van der Waals surface area contributed by atoms with E-state index in [9.17, 15) is 13.6 Å². The first-order chi connectivity index (χ1) is 11.5. The van der Waals surface area contributed by atoms with Crippen LogP contribution in [0.15, 0.2) is 42.5 Å². The van der Waals surface area contributed by atoms with E-state index in [2.05, 4.69) is 17.4 Å². The van der Waals surface area contributed by atoms with Crippen LogP contribution in [0.5, 0.6) is 0 Å². The Hall–Kier alpha value is -2.27. The number of rotatable bonds is 4. The van der Waals surface area contributed by atoms with Gasteiger partial charge in [-0.25, -0.2) is 8.78 Å². The molecule has 0 aromatic heterocycles. The number of halogens is 2. The van der Waals surface area contributed by atoms with E-state index in [1.165, 1.54) is 17.2 Å². The van der Waals surface area contributed by atoms with Crippen LogP contribution in [0.4, 0.5) is 14.5 Å². The lowest BCUT2D eigenvalue weighted by Gasteiger charge is -2.30. The van der Waals surface area contributed by atoms with Gasteiger partial charge in [0.05, 0.1) is 12.7 Å². The Morgan fingerprint density at radius 3 is 2.83 bits per heavy atom. The summed E-state index contributed by atoms with van der Waals surface area (Å²) >= 11 is 0. The normalized spacial score (nSPS) is 17.9. The number of hydrogen-bond donors (Lipinski definition) is 2. The lowest BCUT2D eigenvalue weighted by molar-refractivity contribution is -0.905. The van der Waals surface area contributed by atoms with Gasteiger partial charge in [0.25, 0.3) is 5.91 Å². The van der Waals surface area contributed by atoms with Gasteiger partial charge in [0, 0.05) is 18.1 Å². The summed E-state index contributed by atoms with van der Waals surface area (Å²) in [7, 11) is 1.98. The highest BCUT2D eigenvalue weighted by Crippen LogP contribution is 2.27. The number of likely N-dealkylation sites (N-methyl/N-ethyl adjacent to an activating group) is 1. The fourth-order valence-corrected chi connectivity index (χ4v) is 3.43. The molecule has 0 fully saturated rings. The van der Waals surface area contributed by atoms with Gasteiger partial charge in [0.1, 0.15) is 17.7 Å². The summed E-state index contributed by atoms with van der Waals surface area (Å²) in [6.45, 7) is 0.232. The van der Waals surface area contributed by atoms with Crippen molar-refractivity contribution >= 4 is 11.6 Å². The van der Waals surface area contributed by atoms with Crippen LogP contribution >= 0.6 is 0 Å². The second kappa shape index (κ2) is 7.09. The molecule has 1 aliphatic carbocycles. The van der Waals surface area contributed by atoms with Crippen LogP contribution in [-0.4, -0.2) is 19.5 Å². The Labute approximate surface area is 140 Å². The molecule has 3 rings (SSSR count). The third-order valence-corrected chi connectivity index (χ3v) is 4.61. The zero-order chi connectivity index (χ0) is 17.1. The molecule has 2 N–H and O–H groups in total. The fourth-order valence-electron chi connectivity index (χ4n) is 3.43. The minimum absolute atomic E-state index is 0.0123. The van der Waals surface area contributed by atoms with Crippen molar-refractivity contribution in [1.29, 1.82) is 0 Å². The molecule has 1 amide bonds. The Morgan fingerprint density at radius 2 is 2.04 bits per heavy atom. The van der Waals surface area contributed by atoms with Crippen LogP contribution in [-0.2, 0) is 11.2 Å². The first-order valence-corrected chi connectivity index (χ1v) is 8.19. The van der Waals surface area contributed by atoms with Crippen molar-refractivity contribution < 1.29 is 18.5 Å². The summed E-state index contributed by atoms with van der Waals surface area (Å²) in [6, 6.07) is 11.7. The highest BCUT2D eigenvalue weighted by Gasteiger charge is 2.28. The molecule has 1 unspecified atom stereocenters. The van der Waals surface area contributed by atoms with E-state index in [4.69, 9.17) is 0 Å². The fraction of sp³-hybridized carbons (Fsp3) is 0.316. The zero-order valence-electron chi connectivity index (χ0n) is 13.6. The summed E-state index contributed by atoms with van der Waals surface area (Å²) in [5, 5.41) is 2.53. The van der Waals surface area contributed by atoms with E-state index in [0.29, 0.717) is 0 Å². The monoisotopic (exact) mass is 331 g/mol. The van der Waals surface area contributed by atoms with E-state index in [1.807, 2.05) is 19.2 Å². The number of fused-ring (bicyclic) bond motifs is 1. The molecule has 0 bridgehead atoms. The lowest BCUT2D eigenvalue weighted by Crippen LogP contribution is -3.10. The second-order valence-corrected chi connectivity index (χ2v) is 6.34. The second-order valence-electron chi connectivity index (χ2n) is 6.34. The SMILES string of the molecule is C[NH+](CC(=O)Nc1ccc(F)cc1F)[C@@H]1CCCc2ccccc21. The van der Waals surface area contributed by atoms with Crippen molar-refractivity contribution in [2.24, 2.45) is 0 Å². The highest BCUT2D eigenvalue weighted by molar-refractivity contribution is 5.91. The third-order valence-electron chi connectivity index (χ3n) is 4.61. The van der Waals surface area contributed by atoms with Gasteiger partial charge in [0.2, 0.25) is 0 Å². The van der Waals surface area contributed by atoms with Gasteiger partial charge in [-0.2, -0.15) is 0 Å². The number of hydrogen-bond acceptors (Lipinski definition) is 1. The van der Waals surface area contributed by atoms with E-state index in [-0.39, 0.29) is 24.2 Å². The standard InChI is InChI=1S/C19H20F2N2O/c1-23(18-8-4-6-13-5-2-3-7-15(13)18)12-19(24)22-17-10-9-14(20)11-16(17)21/h2-3,5,7,9-11,18H,4,6,8,12H2,1H3,(H,22,24)/p+1/t18-/m1/s1. The molecule has 0 spiro atoms. The maximum absolute atomic E-state index is 13.6. The molecule has 0 radical (unpaired) electrons. The smallest absolute Gasteiger partial charge is 0.279 e. The number of nitrogens with one attached hydrogen (secondary N) is 2. The van der Waals surface area contributed by atoms with Crippen LogP contribution in [0.1, 0.15) is 30.0 Å². The summed E-state index contributed by atoms with van der Waals surface area (Å²) in [5.41, 5.74) is 2.65. The summed E-state index contributed by atoms with van der Waals surface area (Å²) in [6.07, 6.45) is 3.21. The predicted molar refractivity (Wildman–Crippen MR) is 88.9 cm³/mol. The Balaban J connectivity index is 1.67. The first-order valence-electron chi connectivity index (χ1n) is 8.19. The third kappa shape index (κ3) is 3.62. The van der Waals surface area contributed by atoms with Crippen LogP contribution in [0.25, 0.3) is 0 Å². The molecule has 0 saturated heterocycles. The molecule has 1 aliphatic rings. The van der Waals surface area contributed by atoms with Gasteiger partial charge in [0.15, 0.2) is 6.54 Å². The van der Waals surface area contributed by atoms with Crippen LogP contribution < -0.4 is 10.2 Å². The molecular formula is C19H21F2N2O+. The maximum Gasteiger partial charge on any atom is 0.279 e. The topological polar surface area (TPSA) is 33.5 Å². The Bertz CT molecular complexity index is 748. The van der Waals surface area contributed by atoms with Crippen molar-refractivity contribution in [1.82, 2.24) is 0 Å². The zero-order valence-corrected chi connectivity index (χ0v) is 13.6. The van der Waals surface area contributed by atoms with Crippen LogP contribution in [0, 0.1) is 11.6 Å². The largest absolute Gasteiger partial charge is 0.323 e. The summed E-state index contributed by atoms with van der Waals surface area (Å²) < 4.78 is 26.6. The van der Waals surface area contributed by atoms with E-state index in [0.717, 1.165) is 36.3 Å². The molecular weight excluding hydrogens is 310 g/mol. The van der Waals surface area contributed by atoms with Gasteiger partial charge in [-0.1, -0.05) is 24.3 Å². The van der Waals surface area contributed by atoms with Gasteiger partial charge in [-0.3, -0.25) is 4.79 Å². The molecule has 0 saturated carbocycles. The molecule has 126 valence electrons. The summed E-state index contributed by atoms with van der Waals surface area (Å²) in [5.74, 6) is -1.70. The molecule has 3 nitrogen and oxygen atoms in total. The minimum atomic E-state index is -0.760. The molecule has 0 heterocycles. The molecule has 0 aliphatic heterocycles. The number of anilines is 1. The average Bonchev–Trinajstić information content (AvgIpc) is 2.57. The van der Waals surface area contributed by atoms with Crippen molar-refractivity contribution in [3.63, 3.8) is 0 Å². The molecule has 2 atom stereocenters. The van der Waals surface area contributed by atoms with Crippen molar-refractivity contribution in [3.8, 4) is 0 Å². The number of benzene rings is 2. The molecule has 24 heavy (non-hydrogen) atoms. The van der Waals surface area contributed by atoms with Gasteiger partial charge < -0.3 is 10.2 Å². The van der Waals surface area contributed by atoms with Gasteiger partial charge in [-0.05, 0) is 30.5 Å². The Morgan fingerprint density at radius 1 is 1.25 bits per heavy atom. The minimum Gasteiger partial charge on any atom is -0.323 e. The maximum atomic E-state index is 13.6. The van der Waals surface area contributed by atoms with Crippen molar-refractivity contribution in [2.75, 3.05) is 18.9 Å². The van der Waals surface area contributed by atoms with E-state index in [1.54, 1.807) is 0 Å². The summed E-state index contributed by atoms with van der Waals surface area (Å²) in [4.78, 5) is 13.3. The highest BCUT2D eigenvalue weighted by atomic mass is 19.1. The lowest BCUT2D eigenvalue weighted by atomic mass is 9.87. The average molecular weight is 331 g/mol. The van der Waals surface area contributed by atoms with E-state index >= 15 is 0 Å². The first kappa shape index (κ1) is 16.6. The number of amides is 1. The quantitative estimate of drug-likeness (QED) is 0.887. The van der Waals surface area contributed by atoms with Crippen LogP contribution in [0.2, 0.25) is 0 Å².